The summed E-state index contributed by atoms with van der Waals surface area (Å²) in [6, 6.07) is 17.7. The molecule has 0 atom stereocenters. The Morgan fingerprint density at radius 1 is 1.00 bits per heavy atom. The monoisotopic (exact) mass is 376 g/mol. The van der Waals surface area contributed by atoms with Crippen LogP contribution in [0.3, 0.4) is 0 Å². The van der Waals surface area contributed by atoms with Gasteiger partial charge in [-0.05, 0) is 25.1 Å². The molecular formula is C21H16N2O3S. The molecule has 0 fully saturated rings. The molecule has 5 nitrogen and oxygen atoms in total. The van der Waals surface area contributed by atoms with E-state index in [2.05, 4.69) is 5.32 Å². The molecule has 0 bridgehead atoms. The van der Waals surface area contributed by atoms with E-state index >= 15 is 0 Å². The highest BCUT2D eigenvalue weighted by molar-refractivity contribution is 7.24. The average molecular weight is 376 g/mol. The quantitative estimate of drug-likeness (QED) is 0.555. The normalized spacial score (nSPS) is 11.0. The van der Waals surface area contributed by atoms with Gasteiger partial charge < -0.3 is 5.32 Å². The van der Waals surface area contributed by atoms with Crippen molar-refractivity contribution in [3.63, 3.8) is 0 Å². The van der Waals surface area contributed by atoms with E-state index in [1.807, 2.05) is 30.3 Å². The number of hydrogen-bond donors (Lipinski definition) is 1. The van der Waals surface area contributed by atoms with Crippen LogP contribution >= 0.6 is 11.3 Å². The fourth-order valence-corrected chi connectivity index (χ4v) is 4.23. The van der Waals surface area contributed by atoms with Crippen LogP contribution in [0, 0.1) is 0 Å². The highest BCUT2D eigenvalue weighted by atomic mass is 32.1. The first-order valence-electron chi connectivity index (χ1n) is 8.57. The highest BCUT2D eigenvalue weighted by Gasteiger charge is 2.22. The summed E-state index contributed by atoms with van der Waals surface area (Å²) in [5, 5.41) is 2.65. The van der Waals surface area contributed by atoms with Crippen molar-refractivity contribution < 1.29 is 9.59 Å². The van der Waals surface area contributed by atoms with E-state index in [4.69, 9.17) is 0 Å². The third-order valence-corrected chi connectivity index (χ3v) is 5.49. The number of benzene rings is 2. The Morgan fingerprint density at radius 2 is 1.70 bits per heavy atom. The molecule has 0 aliphatic rings. The van der Waals surface area contributed by atoms with Crippen LogP contribution in [-0.4, -0.2) is 22.6 Å². The van der Waals surface area contributed by atoms with Crippen molar-refractivity contribution >= 4 is 38.1 Å². The minimum Gasteiger partial charge on any atom is -0.352 e. The van der Waals surface area contributed by atoms with Crippen LogP contribution in [0.25, 0.3) is 15.0 Å². The largest absolute Gasteiger partial charge is 0.352 e. The van der Waals surface area contributed by atoms with Gasteiger partial charge in [0.05, 0.1) is 15.8 Å². The zero-order valence-electron chi connectivity index (χ0n) is 14.6. The Bertz CT molecular complexity index is 1240. The molecule has 1 N–H and O–H groups in total. The predicted molar refractivity (Wildman–Crippen MR) is 107 cm³/mol. The molecule has 0 saturated carbocycles. The number of aromatic nitrogens is 1. The number of fused-ring (bicyclic) bond motifs is 3. The summed E-state index contributed by atoms with van der Waals surface area (Å²) in [4.78, 5) is 39.2. The Hall–Kier alpha value is -3.25. The lowest BCUT2D eigenvalue weighted by Crippen LogP contribution is -2.31. The number of carbonyl (C=O) groups is 2. The first-order valence-corrected chi connectivity index (χ1v) is 9.38. The van der Waals surface area contributed by atoms with Gasteiger partial charge in [-0.1, -0.05) is 42.5 Å². The van der Waals surface area contributed by atoms with Gasteiger partial charge >= 0.3 is 0 Å². The van der Waals surface area contributed by atoms with E-state index in [0.717, 1.165) is 4.70 Å². The molecule has 134 valence electrons. The zero-order valence-corrected chi connectivity index (χ0v) is 15.4. The second kappa shape index (κ2) is 6.81. The number of nitrogens with zero attached hydrogens (tertiary/aromatic N) is 1. The molecule has 0 unspecified atom stereocenters. The number of pyridine rings is 1. The molecule has 2 aromatic heterocycles. The van der Waals surface area contributed by atoms with Gasteiger partial charge in [0.25, 0.3) is 11.5 Å². The number of ketones is 1. The van der Waals surface area contributed by atoms with Gasteiger partial charge in [0, 0.05) is 12.1 Å². The number of carbonyl (C=O) groups excluding carboxylic acids is 2. The molecule has 1 amide bonds. The summed E-state index contributed by atoms with van der Waals surface area (Å²) in [5.41, 5.74) is 1.10. The van der Waals surface area contributed by atoms with Crippen molar-refractivity contribution in [2.75, 3.05) is 6.54 Å². The van der Waals surface area contributed by atoms with Crippen LogP contribution < -0.4 is 10.9 Å². The molecule has 4 aromatic rings. The maximum absolute atomic E-state index is 13.1. The summed E-state index contributed by atoms with van der Waals surface area (Å²) >= 11 is 1.37. The fraction of sp³-hybridized carbons (Fsp3) is 0.0952. The van der Waals surface area contributed by atoms with Crippen LogP contribution in [0.5, 0.6) is 0 Å². The van der Waals surface area contributed by atoms with Gasteiger partial charge in [-0.3, -0.25) is 18.8 Å². The van der Waals surface area contributed by atoms with Gasteiger partial charge in [-0.15, -0.1) is 11.3 Å². The molecule has 4 rings (SSSR count). The van der Waals surface area contributed by atoms with Crippen LogP contribution in [0.1, 0.15) is 33.2 Å². The standard InChI is InChI=1S/C21H16N2O3S/c1-2-22-19(25)15-12-14(18(24)13-8-4-3-5-9-13)21-23(20(15)26)16-10-6-7-11-17(16)27-21/h3-12H,2H2,1H3,(H,22,25). The average Bonchev–Trinajstić information content (AvgIpc) is 3.08. The van der Waals surface area contributed by atoms with Crippen LogP contribution in [0.4, 0.5) is 0 Å². The molecule has 27 heavy (non-hydrogen) atoms. The number of amides is 1. The first kappa shape index (κ1) is 17.2. The van der Waals surface area contributed by atoms with Crippen LogP contribution in [-0.2, 0) is 0 Å². The second-order valence-electron chi connectivity index (χ2n) is 6.04. The minimum absolute atomic E-state index is 0.0304. The maximum Gasteiger partial charge on any atom is 0.269 e. The molecular weight excluding hydrogens is 360 g/mol. The molecule has 0 spiro atoms. The van der Waals surface area contributed by atoms with Crippen molar-refractivity contribution in [3.05, 3.63) is 87.7 Å². The lowest BCUT2D eigenvalue weighted by atomic mass is 10.0. The van der Waals surface area contributed by atoms with E-state index in [0.29, 0.717) is 28.0 Å². The number of thiazole rings is 1. The van der Waals surface area contributed by atoms with Gasteiger partial charge in [0.15, 0.2) is 5.78 Å². The number of hydrogen-bond acceptors (Lipinski definition) is 4. The molecule has 2 heterocycles. The Kier molecular flexibility index (Phi) is 4.33. The molecule has 2 aromatic carbocycles. The minimum atomic E-state index is -0.478. The number of rotatable bonds is 4. The summed E-state index contributed by atoms with van der Waals surface area (Å²) in [6.07, 6.45) is 0. The topological polar surface area (TPSA) is 67.7 Å². The van der Waals surface area contributed by atoms with Gasteiger partial charge in [-0.2, -0.15) is 0 Å². The Morgan fingerprint density at radius 3 is 2.44 bits per heavy atom. The summed E-state index contributed by atoms with van der Waals surface area (Å²) in [7, 11) is 0. The molecule has 0 saturated heterocycles. The summed E-state index contributed by atoms with van der Waals surface area (Å²) in [6.45, 7) is 2.18. The first-order chi connectivity index (χ1) is 13.1. The zero-order chi connectivity index (χ0) is 19.0. The van der Waals surface area contributed by atoms with Crippen molar-refractivity contribution in [3.8, 4) is 0 Å². The highest BCUT2D eigenvalue weighted by Crippen LogP contribution is 2.29. The number of nitrogens with one attached hydrogen (secondary N) is 1. The van der Waals surface area contributed by atoms with Crippen molar-refractivity contribution in [2.45, 2.75) is 6.92 Å². The Balaban J connectivity index is 2.08. The van der Waals surface area contributed by atoms with Gasteiger partial charge in [-0.25, -0.2) is 0 Å². The SMILES string of the molecule is CCNC(=O)c1cc(C(=O)c2ccccc2)c2sc3ccccc3n2c1=O. The van der Waals surface area contributed by atoms with Gasteiger partial charge in [0.2, 0.25) is 0 Å². The van der Waals surface area contributed by atoms with Crippen molar-refractivity contribution in [1.82, 2.24) is 9.72 Å². The van der Waals surface area contributed by atoms with E-state index < -0.39 is 11.5 Å². The molecule has 0 radical (unpaired) electrons. The molecule has 0 aliphatic carbocycles. The lowest BCUT2D eigenvalue weighted by molar-refractivity contribution is 0.0954. The van der Waals surface area contributed by atoms with Crippen LogP contribution in [0.15, 0.2) is 65.5 Å². The third-order valence-electron chi connectivity index (χ3n) is 4.33. The summed E-state index contributed by atoms with van der Waals surface area (Å²) < 4.78 is 2.35. The lowest BCUT2D eigenvalue weighted by Gasteiger charge is -2.08. The molecule has 0 aliphatic heterocycles. The summed E-state index contributed by atoms with van der Waals surface area (Å²) in [5.74, 6) is -0.695. The number of para-hydroxylation sites is 1. The van der Waals surface area contributed by atoms with Gasteiger partial charge in [0.1, 0.15) is 10.4 Å². The third kappa shape index (κ3) is 2.84. The van der Waals surface area contributed by atoms with Crippen molar-refractivity contribution in [2.24, 2.45) is 0 Å². The van der Waals surface area contributed by atoms with E-state index in [-0.39, 0.29) is 11.3 Å². The van der Waals surface area contributed by atoms with E-state index in [9.17, 15) is 14.4 Å². The second-order valence-corrected chi connectivity index (χ2v) is 7.07. The van der Waals surface area contributed by atoms with E-state index in [1.165, 1.54) is 21.8 Å². The maximum atomic E-state index is 13.1. The smallest absolute Gasteiger partial charge is 0.269 e. The predicted octanol–water partition coefficient (Wildman–Crippen LogP) is 3.49. The molecule has 6 heteroatoms. The van der Waals surface area contributed by atoms with Crippen molar-refractivity contribution in [1.29, 1.82) is 0 Å². The Labute approximate surface area is 158 Å². The fourth-order valence-electron chi connectivity index (χ4n) is 3.08. The van der Waals surface area contributed by atoms with Crippen LogP contribution in [0.2, 0.25) is 0 Å². The van der Waals surface area contributed by atoms with E-state index in [1.54, 1.807) is 31.2 Å².